The summed E-state index contributed by atoms with van der Waals surface area (Å²) < 4.78 is 26.0. The molecule has 0 bridgehead atoms. The van der Waals surface area contributed by atoms with Crippen molar-refractivity contribution in [1.29, 1.82) is 0 Å². The van der Waals surface area contributed by atoms with Gasteiger partial charge in [0.15, 0.2) is 0 Å². The molecule has 0 aliphatic rings. The quantitative estimate of drug-likeness (QED) is 0.416. The van der Waals surface area contributed by atoms with Crippen LogP contribution in [0.3, 0.4) is 0 Å². The van der Waals surface area contributed by atoms with E-state index in [1.807, 2.05) is 17.6 Å². The Balaban J connectivity index is 0.000000205. The number of aliphatic carboxylic acids is 1. The van der Waals surface area contributed by atoms with Crippen molar-refractivity contribution in [2.24, 2.45) is 0 Å². The fourth-order valence-electron chi connectivity index (χ4n) is 3.58. The Bertz CT molecular complexity index is 1400. The maximum atomic E-state index is 13.0. The average molecular weight is 478 g/mol. The molecule has 0 aliphatic carbocycles. The van der Waals surface area contributed by atoms with E-state index in [2.05, 4.69) is 56.9 Å². The molecular weight excluding hydrogens is 452 g/mol. The number of hydrogen-bond donors (Lipinski definition) is 2. The summed E-state index contributed by atoms with van der Waals surface area (Å²) in [5, 5.41) is 11.3. The number of pyridine rings is 2. The zero-order valence-electron chi connectivity index (χ0n) is 19.8. The number of benzene rings is 2. The van der Waals surface area contributed by atoms with Gasteiger partial charge in [-0.1, -0.05) is 30.3 Å². The zero-order chi connectivity index (χ0) is 25.7. The topological polar surface area (TPSA) is 92.2 Å². The lowest BCUT2D eigenvalue weighted by Crippen LogP contribution is -2.30. The molecule has 6 nitrogen and oxygen atoms in total. The summed E-state index contributed by atoms with van der Waals surface area (Å²) in [6, 6.07) is 13.5. The van der Waals surface area contributed by atoms with Crippen LogP contribution in [0.5, 0.6) is 0 Å². The van der Waals surface area contributed by atoms with Crippen LogP contribution >= 0.6 is 0 Å². The van der Waals surface area contributed by atoms with E-state index in [1.165, 1.54) is 22.1 Å². The van der Waals surface area contributed by atoms with Crippen LogP contribution in [-0.2, 0) is 4.79 Å². The highest BCUT2D eigenvalue weighted by atomic mass is 19.1. The summed E-state index contributed by atoms with van der Waals surface area (Å²) in [5.74, 6) is -4.44. The third kappa shape index (κ3) is 5.84. The Kier molecular flexibility index (Phi) is 7.86. The van der Waals surface area contributed by atoms with Gasteiger partial charge in [0.25, 0.3) is 5.91 Å². The molecule has 0 spiro atoms. The highest BCUT2D eigenvalue weighted by Crippen LogP contribution is 2.30. The third-order valence-corrected chi connectivity index (χ3v) is 5.49. The summed E-state index contributed by atoms with van der Waals surface area (Å²) >= 11 is 0. The number of carbonyl (C=O) groups excluding carboxylic acids is 1. The number of carbonyl (C=O) groups is 2. The van der Waals surface area contributed by atoms with Gasteiger partial charge in [-0.25, -0.2) is 8.78 Å². The summed E-state index contributed by atoms with van der Waals surface area (Å²) in [6.45, 7) is 7.71. The van der Waals surface area contributed by atoms with Crippen LogP contribution in [0.1, 0.15) is 32.7 Å². The molecule has 2 aromatic heterocycles. The second-order valence-corrected chi connectivity index (χ2v) is 8.06. The van der Waals surface area contributed by atoms with Gasteiger partial charge in [-0.3, -0.25) is 19.6 Å². The Labute approximate surface area is 201 Å². The number of amides is 1. The van der Waals surface area contributed by atoms with E-state index in [9.17, 15) is 18.4 Å². The van der Waals surface area contributed by atoms with Crippen LogP contribution in [-0.4, -0.2) is 33.5 Å². The number of carboxylic acid groups (broad SMARTS) is 1. The number of nitrogens with zero attached hydrogens (tertiary/aromatic N) is 2. The van der Waals surface area contributed by atoms with Crippen molar-refractivity contribution >= 4 is 22.8 Å². The van der Waals surface area contributed by atoms with Gasteiger partial charge in [-0.05, 0) is 62.6 Å². The number of aromatic nitrogens is 2. The second kappa shape index (κ2) is 10.8. The molecule has 2 aromatic carbocycles. The first kappa shape index (κ1) is 25.4. The van der Waals surface area contributed by atoms with E-state index >= 15 is 0 Å². The van der Waals surface area contributed by atoms with Gasteiger partial charge in [-0.15, -0.1) is 0 Å². The van der Waals surface area contributed by atoms with E-state index < -0.39 is 35.6 Å². The molecule has 35 heavy (non-hydrogen) atoms. The van der Waals surface area contributed by atoms with E-state index in [0.717, 1.165) is 40.7 Å². The fourth-order valence-corrected chi connectivity index (χ4v) is 3.58. The van der Waals surface area contributed by atoms with Gasteiger partial charge >= 0.3 is 5.97 Å². The minimum absolute atomic E-state index is 0.688. The Morgan fingerprint density at radius 3 is 2.26 bits per heavy atom. The van der Waals surface area contributed by atoms with Crippen molar-refractivity contribution in [3.63, 3.8) is 0 Å². The maximum Gasteiger partial charge on any atom is 0.322 e. The van der Waals surface area contributed by atoms with E-state index in [1.54, 1.807) is 0 Å². The van der Waals surface area contributed by atoms with Crippen LogP contribution in [0, 0.1) is 39.3 Å². The maximum absolute atomic E-state index is 13.0. The molecule has 0 radical (unpaired) electrons. The molecule has 2 N–H and O–H groups in total. The van der Waals surface area contributed by atoms with Crippen molar-refractivity contribution in [2.45, 2.75) is 27.7 Å². The molecule has 0 unspecified atom stereocenters. The monoisotopic (exact) mass is 477 g/mol. The van der Waals surface area contributed by atoms with E-state index in [4.69, 9.17) is 10.1 Å². The summed E-state index contributed by atoms with van der Waals surface area (Å²) in [4.78, 5) is 30.6. The van der Waals surface area contributed by atoms with E-state index in [-0.39, 0.29) is 0 Å². The molecule has 0 atom stereocenters. The van der Waals surface area contributed by atoms with Crippen LogP contribution < -0.4 is 5.32 Å². The summed E-state index contributed by atoms with van der Waals surface area (Å²) in [5.41, 5.74) is 7.17. The van der Waals surface area contributed by atoms with Gasteiger partial charge in [0.1, 0.15) is 23.7 Å². The molecule has 0 fully saturated rings. The van der Waals surface area contributed by atoms with Gasteiger partial charge in [0.05, 0.1) is 11.2 Å². The number of nitrogens with one attached hydrogen (secondary N) is 1. The first-order valence-corrected chi connectivity index (χ1v) is 10.8. The lowest BCUT2D eigenvalue weighted by Gasteiger charge is -2.12. The van der Waals surface area contributed by atoms with Crippen LogP contribution in [0.15, 0.2) is 54.7 Å². The lowest BCUT2D eigenvalue weighted by atomic mass is 9.99. The minimum atomic E-state index is -1.29. The molecule has 0 saturated heterocycles. The predicted molar refractivity (Wildman–Crippen MR) is 130 cm³/mol. The minimum Gasteiger partial charge on any atom is -0.480 e. The second-order valence-electron chi connectivity index (χ2n) is 8.06. The van der Waals surface area contributed by atoms with E-state index in [0.29, 0.717) is 0 Å². The first-order valence-electron chi connectivity index (χ1n) is 10.8. The number of carboxylic acids is 1. The Morgan fingerprint density at radius 2 is 1.60 bits per heavy atom. The number of rotatable bonds is 4. The predicted octanol–water partition coefficient (Wildman–Crippen LogP) is 5.31. The largest absolute Gasteiger partial charge is 0.480 e. The van der Waals surface area contributed by atoms with Crippen molar-refractivity contribution in [3.05, 3.63) is 94.3 Å². The van der Waals surface area contributed by atoms with Crippen LogP contribution in [0.2, 0.25) is 0 Å². The molecule has 2 heterocycles. The molecule has 0 aliphatic heterocycles. The molecule has 4 aromatic rings. The Morgan fingerprint density at radius 1 is 0.914 bits per heavy atom. The van der Waals surface area contributed by atoms with Gasteiger partial charge in [-0.2, -0.15) is 0 Å². The number of fused-ring (bicyclic) bond motifs is 1. The lowest BCUT2D eigenvalue weighted by molar-refractivity contribution is -0.135. The smallest absolute Gasteiger partial charge is 0.322 e. The standard InChI is InChI=1S/C18H18N2.C9H7F2NO3/c1-11-7-8-16(18-15(11)6-5-9-19-18)17-13(3)10-12(2)14(4)20-17;10-5-2-1-3-6(11)8(5)9(15)12-4-7(13)14/h5-10H,1-4H3;1-3H,4H2,(H,12,15)(H,13,14). The average Bonchev–Trinajstić information content (AvgIpc) is 2.81. The number of halogens is 2. The van der Waals surface area contributed by atoms with Crippen LogP contribution in [0.4, 0.5) is 8.78 Å². The van der Waals surface area contributed by atoms with Gasteiger partial charge in [0.2, 0.25) is 0 Å². The SMILES string of the molecule is Cc1cc(C)c(-c2ccc(C)c3cccnc23)nc1C.O=C(O)CNC(=O)c1c(F)cccc1F. The normalized spacial score (nSPS) is 10.5. The molecule has 0 saturated carbocycles. The summed E-state index contributed by atoms with van der Waals surface area (Å²) in [7, 11) is 0. The molecule has 8 heteroatoms. The molecular formula is C27H25F2N3O3. The van der Waals surface area contributed by atoms with Crippen molar-refractivity contribution in [3.8, 4) is 11.3 Å². The number of hydrogen-bond acceptors (Lipinski definition) is 4. The Hall–Kier alpha value is -4.20. The first-order chi connectivity index (χ1) is 16.6. The van der Waals surface area contributed by atoms with Crippen molar-refractivity contribution in [1.82, 2.24) is 15.3 Å². The highest BCUT2D eigenvalue weighted by Gasteiger charge is 2.17. The van der Waals surface area contributed by atoms with Crippen molar-refractivity contribution in [2.75, 3.05) is 6.54 Å². The highest BCUT2D eigenvalue weighted by molar-refractivity contribution is 5.96. The molecule has 1 amide bonds. The molecule has 180 valence electrons. The number of aryl methyl sites for hydroxylation is 4. The van der Waals surface area contributed by atoms with Crippen LogP contribution in [0.25, 0.3) is 22.2 Å². The summed E-state index contributed by atoms with van der Waals surface area (Å²) in [6.07, 6.45) is 1.85. The fraction of sp³-hybridized carbons (Fsp3) is 0.185. The van der Waals surface area contributed by atoms with Gasteiger partial charge < -0.3 is 10.4 Å². The van der Waals surface area contributed by atoms with Gasteiger partial charge in [0, 0.05) is 22.8 Å². The third-order valence-electron chi connectivity index (χ3n) is 5.49. The molecule has 4 rings (SSSR count). The zero-order valence-corrected chi connectivity index (χ0v) is 19.8. The van der Waals surface area contributed by atoms with Crippen molar-refractivity contribution < 1.29 is 23.5 Å².